The number of nitrogens with zero attached hydrogens (tertiary/aromatic N) is 5. The molecule has 2 aliphatic rings. The molecule has 0 aliphatic carbocycles. The zero-order valence-electron chi connectivity index (χ0n) is 17.4. The quantitative estimate of drug-likeness (QED) is 0.534. The normalized spacial score (nSPS) is 21.8. The molecule has 0 bridgehead atoms. The highest BCUT2D eigenvalue weighted by atomic mass is 16.2. The molecule has 0 saturated carbocycles. The van der Waals surface area contributed by atoms with Gasteiger partial charge in [0.05, 0.1) is 17.9 Å². The molecule has 6 rings (SSSR count). The number of imidazole rings is 1. The minimum Gasteiger partial charge on any atom is -0.330 e. The summed E-state index contributed by atoms with van der Waals surface area (Å²) < 4.78 is 1.79. The Kier molecular flexibility index (Phi) is 3.92. The first-order chi connectivity index (χ1) is 15.6. The first kappa shape index (κ1) is 18.7. The van der Waals surface area contributed by atoms with Crippen LogP contribution < -0.4 is 5.32 Å². The predicted octanol–water partition coefficient (Wildman–Crippen LogP) is 2.84. The number of rotatable bonds is 2. The number of carbonyl (C=O) groups excluding carboxylic acids is 2. The number of aryl methyl sites for hydroxylation is 1. The van der Waals surface area contributed by atoms with E-state index in [0.717, 1.165) is 16.8 Å². The number of anilines is 1. The number of pyridine rings is 2. The third-order valence-electron chi connectivity index (χ3n) is 6.68. The number of hydrogen-bond donors (Lipinski definition) is 1. The zero-order chi connectivity index (χ0) is 21.9. The molecular weight excluding hydrogens is 404 g/mol. The second-order valence-electron chi connectivity index (χ2n) is 8.29. The molecule has 2 amide bonds. The topological polar surface area (TPSA) is 93.0 Å². The fraction of sp³-hybridized carbons (Fsp3) is 0.208. The molecule has 0 radical (unpaired) electrons. The van der Waals surface area contributed by atoms with E-state index in [1.807, 2.05) is 43.4 Å². The molecule has 5 heterocycles. The summed E-state index contributed by atoms with van der Waals surface area (Å²) in [6.07, 6.45) is 7.24. The average Bonchev–Trinajstić information content (AvgIpc) is 3.49. The van der Waals surface area contributed by atoms with E-state index >= 15 is 0 Å². The molecule has 1 saturated heterocycles. The second kappa shape index (κ2) is 6.71. The van der Waals surface area contributed by atoms with Crippen molar-refractivity contribution in [2.24, 2.45) is 7.05 Å². The van der Waals surface area contributed by atoms with Gasteiger partial charge in [0.2, 0.25) is 5.91 Å². The van der Waals surface area contributed by atoms with Crippen LogP contribution in [0.25, 0.3) is 11.2 Å². The van der Waals surface area contributed by atoms with E-state index in [1.165, 1.54) is 0 Å². The molecule has 2 aliphatic heterocycles. The molecule has 3 aromatic heterocycles. The summed E-state index contributed by atoms with van der Waals surface area (Å²) in [7, 11) is 1.85. The van der Waals surface area contributed by atoms with Crippen molar-refractivity contribution in [1.29, 1.82) is 0 Å². The maximum absolute atomic E-state index is 13.9. The Balaban J connectivity index is 1.53. The molecule has 8 nitrogen and oxygen atoms in total. The van der Waals surface area contributed by atoms with Crippen molar-refractivity contribution >= 4 is 28.7 Å². The summed E-state index contributed by atoms with van der Waals surface area (Å²) in [5, 5.41) is 3.04. The van der Waals surface area contributed by atoms with Crippen LogP contribution in [-0.4, -0.2) is 42.8 Å². The van der Waals surface area contributed by atoms with Crippen molar-refractivity contribution in [1.82, 2.24) is 24.4 Å². The molecule has 1 spiro atoms. The summed E-state index contributed by atoms with van der Waals surface area (Å²) in [6.45, 7) is 0.441. The summed E-state index contributed by atoms with van der Waals surface area (Å²) >= 11 is 0. The summed E-state index contributed by atoms with van der Waals surface area (Å²) in [6, 6.07) is 12.7. The van der Waals surface area contributed by atoms with Crippen LogP contribution in [-0.2, 0) is 17.3 Å². The number of carbonyl (C=O) groups is 2. The minimum atomic E-state index is -0.869. The van der Waals surface area contributed by atoms with E-state index in [1.54, 1.807) is 40.5 Å². The highest BCUT2D eigenvalue weighted by Gasteiger charge is 2.59. The van der Waals surface area contributed by atoms with Crippen LogP contribution >= 0.6 is 0 Å². The van der Waals surface area contributed by atoms with Gasteiger partial charge in [-0.3, -0.25) is 14.6 Å². The summed E-state index contributed by atoms with van der Waals surface area (Å²) in [5.41, 5.74) is 3.37. The van der Waals surface area contributed by atoms with Crippen molar-refractivity contribution in [3.05, 3.63) is 84.1 Å². The van der Waals surface area contributed by atoms with Gasteiger partial charge in [-0.25, -0.2) is 9.97 Å². The van der Waals surface area contributed by atoms with Crippen molar-refractivity contribution in [2.75, 3.05) is 11.9 Å². The smallest absolute Gasteiger partial charge is 0.256 e. The van der Waals surface area contributed by atoms with Gasteiger partial charge in [0.15, 0.2) is 5.65 Å². The predicted molar refractivity (Wildman–Crippen MR) is 118 cm³/mol. The van der Waals surface area contributed by atoms with Gasteiger partial charge in [0, 0.05) is 37.9 Å². The van der Waals surface area contributed by atoms with Crippen LogP contribution in [0.2, 0.25) is 0 Å². The van der Waals surface area contributed by atoms with E-state index in [0.29, 0.717) is 29.7 Å². The van der Waals surface area contributed by atoms with Crippen LogP contribution in [0, 0.1) is 0 Å². The standard InChI is InChI=1S/C24H20N6O2/c1-29-14-27-19-16(8-11-26-21(19)29)22(31)30-12-9-24(20(30)15-5-4-10-25-13-15)17-6-2-3-7-18(17)28-23(24)32/h2-8,10-11,13-14,20H,9,12H2,1H3,(H,28,32). The number of amides is 2. The Hall–Kier alpha value is -4.07. The van der Waals surface area contributed by atoms with Gasteiger partial charge >= 0.3 is 0 Å². The number of fused-ring (bicyclic) bond motifs is 3. The molecule has 4 aromatic rings. The van der Waals surface area contributed by atoms with Gasteiger partial charge in [0.1, 0.15) is 10.9 Å². The molecule has 158 valence electrons. The lowest BCUT2D eigenvalue weighted by molar-refractivity contribution is -0.121. The highest BCUT2D eigenvalue weighted by Crippen LogP contribution is 2.54. The Morgan fingerprint density at radius 3 is 2.84 bits per heavy atom. The second-order valence-corrected chi connectivity index (χ2v) is 8.29. The van der Waals surface area contributed by atoms with Gasteiger partial charge in [0.25, 0.3) is 5.91 Å². The molecule has 8 heteroatoms. The maximum Gasteiger partial charge on any atom is 0.256 e. The zero-order valence-corrected chi connectivity index (χ0v) is 17.4. The van der Waals surface area contributed by atoms with Gasteiger partial charge < -0.3 is 14.8 Å². The summed E-state index contributed by atoms with van der Waals surface area (Å²) in [4.78, 5) is 42.2. The number of likely N-dealkylation sites (tertiary alicyclic amines) is 1. The van der Waals surface area contributed by atoms with Gasteiger partial charge in [-0.15, -0.1) is 0 Å². The van der Waals surface area contributed by atoms with Crippen LogP contribution in [0.5, 0.6) is 0 Å². The maximum atomic E-state index is 13.9. The highest BCUT2D eigenvalue weighted by molar-refractivity contribution is 6.09. The van der Waals surface area contributed by atoms with Crippen molar-refractivity contribution < 1.29 is 9.59 Å². The lowest BCUT2D eigenvalue weighted by Gasteiger charge is -2.34. The molecule has 1 N–H and O–H groups in total. The van der Waals surface area contributed by atoms with Crippen LogP contribution in [0.3, 0.4) is 0 Å². The van der Waals surface area contributed by atoms with Crippen LogP contribution in [0.4, 0.5) is 5.69 Å². The van der Waals surface area contributed by atoms with E-state index < -0.39 is 11.5 Å². The SMILES string of the molecule is Cn1cnc2c(C(=O)N3CCC4(C(=O)Nc5ccccc54)C3c3cccnc3)ccnc21. The third kappa shape index (κ3) is 2.40. The van der Waals surface area contributed by atoms with Gasteiger partial charge in [-0.2, -0.15) is 0 Å². The Morgan fingerprint density at radius 2 is 2.00 bits per heavy atom. The fourth-order valence-electron chi connectivity index (χ4n) is 5.26. The number of benzene rings is 1. The molecule has 2 atom stereocenters. The Morgan fingerprint density at radius 1 is 1.12 bits per heavy atom. The lowest BCUT2D eigenvalue weighted by Crippen LogP contribution is -2.42. The van der Waals surface area contributed by atoms with Crippen LogP contribution in [0.1, 0.15) is 33.9 Å². The molecule has 1 fully saturated rings. The summed E-state index contributed by atoms with van der Waals surface area (Å²) in [5.74, 6) is -0.250. The molecular formula is C24H20N6O2. The van der Waals surface area contributed by atoms with Crippen molar-refractivity contribution in [2.45, 2.75) is 17.9 Å². The number of hydrogen-bond acceptors (Lipinski definition) is 5. The van der Waals surface area contributed by atoms with Crippen molar-refractivity contribution in [3.8, 4) is 0 Å². The molecule has 2 unspecified atom stereocenters. The first-order valence-electron chi connectivity index (χ1n) is 10.5. The monoisotopic (exact) mass is 424 g/mol. The van der Waals surface area contributed by atoms with E-state index in [4.69, 9.17) is 0 Å². The average molecular weight is 424 g/mol. The minimum absolute atomic E-state index is 0.0828. The van der Waals surface area contributed by atoms with E-state index in [2.05, 4.69) is 20.3 Å². The number of aromatic nitrogens is 4. The third-order valence-corrected chi connectivity index (χ3v) is 6.68. The Bertz CT molecular complexity index is 1380. The first-order valence-corrected chi connectivity index (χ1v) is 10.5. The van der Waals surface area contributed by atoms with Gasteiger partial charge in [-0.1, -0.05) is 24.3 Å². The van der Waals surface area contributed by atoms with Crippen LogP contribution in [0.15, 0.2) is 67.4 Å². The molecule has 32 heavy (non-hydrogen) atoms. The molecule has 1 aromatic carbocycles. The Labute approximate surface area is 183 Å². The number of nitrogens with one attached hydrogen (secondary N) is 1. The van der Waals surface area contributed by atoms with E-state index in [9.17, 15) is 9.59 Å². The van der Waals surface area contributed by atoms with Crippen molar-refractivity contribution in [3.63, 3.8) is 0 Å². The van der Waals surface area contributed by atoms with Gasteiger partial charge in [-0.05, 0) is 35.7 Å². The van der Waals surface area contributed by atoms with E-state index in [-0.39, 0.29) is 11.8 Å². The lowest BCUT2D eigenvalue weighted by atomic mass is 9.73. The largest absolute Gasteiger partial charge is 0.330 e. The number of para-hydroxylation sites is 1. The fourth-order valence-corrected chi connectivity index (χ4v) is 5.26.